The number of aromatic nitrogens is 1. The van der Waals surface area contributed by atoms with Crippen LogP contribution in [0.3, 0.4) is 0 Å². The SMILES string of the molecule is CCCC1CCC(C(=O)Oc2ccc(CCc3ccc(F)cc3)nc2)CC1. The Kier molecular flexibility index (Phi) is 6.97. The van der Waals surface area contributed by atoms with Gasteiger partial charge in [0.15, 0.2) is 0 Å². The molecular weight excluding hydrogens is 341 g/mol. The third-order valence-electron chi connectivity index (χ3n) is 5.48. The second kappa shape index (κ2) is 9.63. The molecule has 0 atom stereocenters. The molecule has 0 spiro atoms. The van der Waals surface area contributed by atoms with Gasteiger partial charge < -0.3 is 4.74 Å². The summed E-state index contributed by atoms with van der Waals surface area (Å²) in [5.41, 5.74) is 2.01. The van der Waals surface area contributed by atoms with Crippen molar-refractivity contribution in [2.24, 2.45) is 11.8 Å². The van der Waals surface area contributed by atoms with Crippen LogP contribution in [0.2, 0.25) is 0 Å². The average molecular weight is 369 g/mol. The summed E-state index contributed by atoms with van der Waals surface area (Å²) in [7, 11) is 0. The summed E-state index contributed by atoms with van der Waals surface area (Å²) < 4.78 is 18.5. The summed E-state index contributed by atoms with van der Waals surface area (Å²) in [4.78, 5) is 16.8. The molecule has 2 aromatic rings. The van der Waals surface area contributed by atoms with Crippen molar-refractivity contribution in [3.05, 3.63) is 59.7 Å². The first-order valence-corrected chi connectivity index (χ1v) is 10.0. The number of esters is 1. The van der Waals surface area contributed by atoms with Crippen LogP contribution < -0.4 is 4.74 Å². The van der Waals surface area contributed by atoms with Crippen molar-refractivity contribution in [1.29, 1.82) is 0 Å². The fourth-order valence-electron chi connectivity index (χ4n) is 3.84. The molecular formula is C23H28FNO2. The lowest BCUT2D eigenvalue weighted by Crippen LogP contribution is -2.25. The first kappa shape index (κ1) is 19.5. The molecule has 3 nitrogen and oxygen atoms in total. The highest BCUT2D eigenvalue weighted by Crippen LogP contribution is 2.32. The second-order valence-corrected chi connectivity index (χ2v) is 7.54. The van der Waals surface area contributed by atoms with Crippen LogP contribution in [-0.4, -0.2) is 11.0 Å². The highest BCUT2D eigenvalue weighted by molar-refractivity contribution is 5.75. The smallest absolute Gasteiger partial charge is 0.314 e. The number of carbonyl (C=O) groups is 1. The third kappa shape index (κ3) is 5.88. The van der Waals surface area contributed by atoms with Crippen LogP contribution in [0.1, 0.15) is 56.7 Å². The Hall–Kier alpha value is -2.23. The van der Waals surface area contributed by atoms with Crippen molar-refractivity contribution >= 4 is 5.97 Å². The van der Waals surface area contributed by atoms with E-state index < -0.39 is 0 Å². The highest BCUT2D eigenvalue weighted by atomic mass is 19.1. The fourth-order valence-corrected chi connectivity index (χ4v) is 3.84. The van der Waals surface area contributed by atoms with Crippen molar-refractivity contribution in [2.75, 3.05) is 0 Å². The largest absolute Gasteiger partial charge is 0.425 e. The Labute approximate surface area is 161 Å². The van der Waals surface area contributed by atoms with Crippen molar-refractivity contribution < 1.29 is 13.9 Å². The van der Waals surface area contributed by atoms with Gasteiger partial charge in [-0.3, -0.25) is 9.78 Å². The molecule has 144 valence electrons. The minimum absolute atomic E-state index is 0.0243. The summed E-state index contributed by atoms with van der Waals surface area (Å²) in [5.74, 6) is 0.978. The van der Waals surface area contributed by atoms with Gasteiger partial charge >= 0.3 is 5.97 Å². The lowest BCUT2D eigenvalue weighted by molar-refractivity contribution is -0.140. The van der Waals surface area contributed by atoms with Gasteiger partial charge in [0.05, 0.1) is 12.1 Å². The third-order valence-corrected chi connectivity index (χ3v) is 5.48. The van der Waals surface area contributed by atoms with Gasteiger partial charge in [0.25, 0.3) is 0 Å². The van der Waals surface area contributed by atoms with Crippen molar-refractivity contribution in [1.82, 2.24) is 4.98 Å². The van der Waals surface area contributed by atoms with E-state index in [1.54, 1.807) is 18.3 Å². The van der Waals surface area contributed by atoms with Gasteiger partial charge in [-0.1, -0.05) is 31.9 Å². The topological polar surface area (TPSA) is 39.2 Å². The van der Waals surface area contributed by atoms with Gasteiger partial charge in [0.1, 0.15) is 11.6 Å². The molecule has 4 heteroatoms. The van der Waals surface area contributed by atoms with E-state index in [1.165, 1.54) is 25.0 Å². The molecule has 0 N–H and O–H groups in total. The van der Waals surface area contributed by atoms with Gasteiger partial charge in [-0.15, -0.1) is 0 Å². The molecule has 0 unspecified atom stereocenters. The van der Waals surface area contributed by atoms with E-state index in [-0.39, 0.29) is 17.7 Å². The lowest BCUT2D eigenvalue weighted by Gasteiger charge is -2.26. The van der Waals surface area contributed by atoms with Crippen molar-refractivity contribution in [2.45, 2.75) is 58.3 Å². The second-order valence-electron chi connectivity index (χ2n) is 7.54. The molecule has 1 aliphatic rings. The molecule has 0 saturated heterocycles. The normalized spacial score (nSPS) is 19.6. The summed E-state index contributed by atoms with van der Waals surface area (Å²) in [5, 5.41) is 0. The fraction of sp³-hybridized carbons (Fsp3) is 0.478. The number of hydrogen-bond donors (Lipinski definition) is 0. The number of hydrogen-bond acceptors (Lipinski definition) is 3. The number of carbonyl (C=O) groups excluding carboxylic acids is 1. The minimum Gasteiger partial charge on any atom is -0.425 e. The maximum Gasteiger partial charge on any atom is 0.314 e. The zero-order valence-electron chi connectivity index (χ0n) is 16.0. The molecule has 1 aliphatic carbocycles. The van der Waals surface area contributed by atoms with Gasteiger partial charge in [-0.2, -0.15) is 0 Å². The molecule has 1 fully saturated rings. The van der Waals surface area contributed by atoms with Gasteiger partial charge in [0, 0.05) is 5.69 Å². The molecule has 1 heterocycles. The standard InChI is InChI=1S/C23H28FNO2/c1-2-3-17-4-9-19(10-5-17)23(26)27-22-15-14-21(25-16-22)13-8-18-6-11-20(24)12-7-18/h6-7,11-12,14-17,19H,2-5,8-10,13H2,1H3. The first-order chi connectivity index (χ1) is 13.1. The van der Waals surface area contributed by atoms with E-state index in [4.69, 9.17) is 4.74 Å². The van der Waals surface area contributed by atoms with Crippen LogP contribution in [-0.2, 0) is 17.6 Å². The van der Waals surface area contributed by atoms with Crippen molar-refractivity contribution in [3.63, 3.8) is 0 Å². The van der Waals surface area contributed by atoms with E-state index in [9.17, 15) is 9.18 Å². The molecule has 1 aromatic heterocycles. The Morgan fingerprint density at radius 3 is 2.44 bits per heavy atom. The molecule has 0 amide bonds. The van der Waals surface area contributed by atoms with Crippen LogP contribution in [0.25, 0.3) is 0 Å². The number of pyridine rings is 1. The van der Waals surface area contributed by atoms with Crippen LogP contribution in [0.5, 0.6) is 5.75 Å². The maximum atomic E-state index is 12.9. The first-order valence-electron chi connectivity index (χ1n) is 10.0. The van der Waals surface area contributed by atoms with Crippen molar-refractivity contribution in [3.8, 4) is 5.75 Å². The van der Waals surface area contributed by atoms with Gasteiger partial charge in [-0.05, 0) is 74.3 Å². The molecule has 3 rings (SSSR count). The minimum atomic E-state index is -0.220. The van der Waals surface area contributed by atoms with E-state index >= 15 is 0 Å². The molecule has 0 aliphatic heterocycles. The zero-order valence-corrected chi connectivity index (χ0v) is 16.0. The quantitative estimate of drug-likeness (QED) is 0.604. The number of rotatable bonds is 7. The van der Waals surface area contributed by atoms with Gasteiger partial charge in [-0.25, -0.2) is 4.39 Å². The van der Waals surface area contributed by atoms with Crippen LogP contribution in [0.4, 0.5) is 4.39 Å². The van der Waals surface area contributed by atoms with Gasteiger partial charge in [0.2, 0.25) is 0 Å². The summed E-state index contributed by atoms with van der Waals surface area (Å²) in [6.07, 6.45) is 9.82. The molecule has 27 heavy (non-hydrogen) atoms. The zero-order chi connectivity index (χ0) is 19.1. The highest BCUT2D eigenvalue weighted by Gasteiger charge is 2.27. The molecule has 1 aromatic carbocycles. The Morgan fingerprint density at radius 1 is 1.07 bits per heavy atom. The Balaban J connectivity index is 1.46. The van der Waals surface area contributed by atoms with Crippen LogP contribution in [0, 0.1) is 17.7 Å². The molecule has 1 saturated carbocycles. The van der Waals surface area contributed by atoms with Crippen LogP contribution in [0.15, 0.2) is 42.6 Å². The lowest BCUT2D eigenvalue weighted by atomic mass is 9.80. The Morgan fingerprint density at radius 2 is 1.81 bits per heavy atom. The van der Waals surface area contributed by atoms with E-state index in [0.717, 1.165) is 55.7 Å². The average Bonchev–Trinajstić information content (AvgIpc) is 2.69. The van der Waals surface area contributed by atoms with Crippen LogP contribution >= 0.6 is 0 Å². The summed E-state index contributed by atoms with van der Waals surface area (Å²) in [6.45, 7) is 2.22. The predicted molar refractivity (Wildman–Crippen MR) is 104 cm³/mol. The maximum absolute atomic E-state index is 12.9. The monoisotopic (exact) mass is 369 g/mol. The summed E-state index contributed by atoms with van der Waals surface area (Å²) in [6, 6.07) is 10.2. The number of benzene rings is 1. The summed E-state index contributed by atoms with van der Waals surface area (Å²) >= 11 is 0. The molecule has 0 bridgehead atoms. The predicted octanol–water partition coefficient (Wildman–Crippen LogP) is 5.52. The number of ether oxygens (including phenoxy) is 1. The number of halogens is 1. The van der Waals surface area contributed by atoms with E-state index in [1.807, 2.05) is 12.1 Å². The Bertz CT molecular complexity index is 719. The number of aryl methyl sites for hydroxylation is 2. The van der Waals surface area contributed by atoms with E-state index in [0.29, 0.717) is 5.75 Å². The molecule has 0 radical (unpaired) electrons. The number of nitrogens with zero attached hydrogens (tertiary/aromatic N) is 1. The van der Waals surface area contributed by atoms with E-state index in [2.05, 4.69) is 11.9 Å².